The maximum Gasteiger partial charge on any atom is 0.0810 e. The van der Waals surface area contributed by atoms with Crippen LogP contribution in [0.4, 0.5) is 0 Å². The van der Waals surface area contributed by atoms with Gasteiger partial charge >= 0.3 is 0 Å². The van der Waals surface area contributed by atoms with Gasteiger partial charge in [-0.3, -0.25) is 0 Å². The molecule has 1 spiro atoms. The van der Waals surface area contributed by atoms with Gasteiger partial charge in [-0.2, -0.15) is 0 Å². The number of hydrogen-bond acceptors (Lipinski definition) is 2. The smallest absolute Gasteiger partial charge is 0.0810 e. The van der Waals surface area contributed by atoms with Gasteiger partial charge in [0.25, 0.3) is 0 Å². The highest BCUT2D eigenvalue weighted by Crippen LogP contribution is 2.34. The molecule has 1 atom stereocenters. The van der Waals surface area contributed by atoms with Gasteiger partial charge in [0, 0.05) is 13.1 Å². The Morgan fingerprint density at radius 3 is 2.71 bits per heavy atom. The Morgan fingerprint density at radius 2 is 1.94 bits per heavy atom. The summed E-state index contributed by atoms with van der Waals surface area (Å²) in [4.78, 5) is 0. The first-order chi connectivity index (χ1) is 8.35. The summed E-state index contributed by atoms with van der Waals surface area (Å²) in [6.07, 6.45) is 13.9. The molecule has 1 unspecified atom stereocenters. The van der Waals surface area contributed by atoms with Gasteiger partial charge in [-0.1, -0.05) is 51.9 Å². The second-order valence-corrected chi connectivity index (χ2v) is 5.96. The molecule has 1 aliphatic heterocycles. The zero-order chi connectivity index (χ0) is 12.0. The van der Waals surface area contributed by atoms with Gasteiger partial charge in [0.1, 0.15) is 0 Å². The van der Waals surface area contributed by atoms with Crippen LogP contribution in [0, 0.1) is 0 Å². The molecule has 0 amide bonds. The highest BCUT2D eigenvalue weighted by molar-refractivity contribution is 4.91. The van der Waals surface area contributed by atoms with Crippen LogP contribution in [0.15, 0.2) is 0 Å². The van der Waals surface area contributed by atoms with E-state index in [4.69, 9.17) is 4.74 Å². The highest BCUT2D eigenvalue weighted by Gasteiger charge is 2.37. The monoisotopic (exact) mass is 239 g/mol. The van der Waals surface area contributed by atoms with E-state index in [9.17, 15) is 0 Å². The predicted octanol–water partition coefficient (Wildman–Crippen LogP) is 3.65. The molecule has 1 saturated carbocycles. The standard InChI is InChI=1S/C15H29NO/c1-2-3-4-6-9-14-12-16-13-15(17-14)10-7-5-8-11-15/h14,16H,2-13H2,1H3. The number of ether oxygens (including phenoxy) is 1. The van der Waals surface area contributed by atoms with Crippen molar-refractivity contribution >= 4 is 0 Å². The minimum absolute atomic E-state index is 0.214. The summed E-state index contributed by atoms with van der Waals surface area (Å²) >= 11 is 0. The Hall–Kier alpha value is -0.0800. The van der Waals surface area contributed by atoms with Crippen molar-refractivity contribution in [2.75, 3.05) is 13.1 Å². The van der Waals surface area contributed by atoms with Crippen LogP contribution in [-0.4, -0.2) is 24.8 Å². The minimum Gasteiger partial charge on any atom is -0.369 e. The molecular weight excluding hydrogens is 210 g/mol. The van der Waals surface area contributed by atoms with Crippen molar-refractivity contribution in [3.05, 3.63) is 0 Å². The van der Waals surface area contributed by atoms with Gasteiger partial charge in [0.2, 0.25) is 0 Å². The Kier molecular flexibility index (Phi) is 5.30. The summed E-state index contributed by atoms with van der Waals surface area (Å²) in [5.74, 6) is 0. The molecule has 100 valence electrons. The molecular formula is C15H29NO. The van der Waals surface area contributed by atoms with Crippen LogP contribution in [0.2, 0.25) is 0 Å². The van der Waals surface area contributed by atoms with Crippen LogP contribution in [0.25, 0.3) is 0 Å². The molecule has 0 bridgehead atoms. The molecule has 2 rings (SSSR count). The maximum atomic E-state index is 6.43. The molecule has 1 heterocycles. The lowest BCUT2D eigenvalue weighted by atomic mass is 9.83. The van der Waals surface area contributed by atoms with Crippen LogP contribution >= 0.6 is 0 Å². The molecule has 2 fully saturated rings. The fourth-order valence-corrected chi connectivity index (χ4v) is 3.35. The molecule has 1 N–H and O–H groups in total. The van der Waals surface area contributed by atoms with E-state index in [0.717, 1.165) is 13.1 Å². The van der Waals surface area contributed by atoms with E-state index in [1.165, 1.54) is 64.2 Å². The van der Waals surface area contributed by atoms with Gasteiger partial charge in [-0.15, -0.1) is 0 Å². The van der Waals surface area contributed by atoms with Gasteiger partial charge < -0.3 is 10.1 Å². The van der Waals surface area contributed by atoms with Crippen LogP contribution in [0.1, 0.15) is 71.1 Å². The Labute approximate surface area is 107 Å². The van der Waals surface area contributed by atoms with Gasteiger partial charge in [-0.25, -0.2) is 0 Å². The maximum absolute atomic E-state index is 6.43. The summed E-state index contributed by atoms with van der Waals surface area (Å²) in [7, 11) is 0. The van der Waals surface area contributed by atoms with Crippen molar-refractivity contribution in [1.29, 1.82) is 0 Å². The molecule has 2 aliphatic rings. The molecule has 1 saturated heterocycles. The van der Waals surface area contributed by atoms with Gasteiger partial charge in [0.15, 0.2) is 0 Å². The second kappa shape index (κ2) is 6.75. The first kappa shape index (κ1) is 13.4. The number of hydrogen-bond donors (Lipinski definition) is 1. The fraction of sp³-hybridized carbons (Fsp3) is 1.00. The first-order valence-electron chi connectivity index (χ1n) is 7.73. The average molecular weight is 239 g/mol. The van der Waals surface area contributed by atoms with Crippen LogP contribution in [-0.2, 0) is 4.74 Å². The quantitative estimate of drug-likeness (QED) is 0.739. The molecule has 2 nitrogen and oxygen atoms in total. The third-order valence-electron chi connectivity index (χ3n) is 4.38. The normalized spacial score (nSPS) is 28.4. The van der Waals surface area contributed by atoms with Gasteiger partial charge in [0.05, 0.1) is 11.7 Å². The van der Waals surface area contributed by atoms with Gasteiger partial charge in [-0.05, 0) is 19.3 Å². The summed E-state index contributed by atoms with van der Waals surface area (Å²) in [5.41, 5.74) is 0.214. The van der Waals surface area contributed by atoms with E-state index in [1.54, 1.807) is 0 Å². The lowest BCUT2D eigenvalue weighted by molar-refractivity contribution is -0.135. The van der Waals surface area contributed by atoms with E-state index in [1.807, 2.05) is 0 Å². The highest BCUT2D eigenvalue weighted by atomic mass is 16.5. The summed E-state index contributed by atoms with van der Waals surface area (Å²) in [6, 6.07) is 0. The Bertz CT molecular complexity index is 205. The summed E-state index contributed by atoms with van der Waals surface area (Å²) < 4.78 is 6.43. The van der Waals surface area contributed by atoms with E-state index < -0.39 is 0 Å². The molecule has 0 aromatic heterocycles. The van der Waals surface area contributed by atoms with Crippen molar-refractivity contribution in [2.45, 2.75) is 82.8 Å². The zero-order valence-corrected chi connectivity index (χ0v) is 11.5. The van der Waals surface area contributed by atoms with Crippen LogP contribution in [0.5, 0.6) is 0 Å². The molecule has 0 aromatic rings. The fourth-order valence-electron chi connectivity index (χ4n) is 3.35. The van der Waals surface area contributed by atoms with E-state index >= 15 is 0 Å². The van der Waals surface area contributed by atoms with E-state index in [0.29, 0.717) is 6.10 Å². The molecule has 1 aliphatic carbocycles. The van der Waals surface area contributed by atoms with Crippen molar-refractivity contribution in [1.82, 2.24) is 5.32 Å². The van der Waals surface area contributed by atoms with E-state index in [2.05, 4.69) is 12.2 Å². The molecule has 0 aromatic carbocycles. The Balaban J connectivity index is 1.72. The van der Waals surface area contributed by atoms with Crippen LogP contribution in [0.3, 0.4) is 0 Å². The van der Waals surface area contributed by atoms with Crippen molar-refractivity contribution in [3.63, 3.8) is 0 Å². The third-order valence-corrected chi connectivity index (χ3v) is 4.38. The minimum atomic E-state index is 0.214. The number of morpholine rings is 1. The Morgan fingerprint density at radius 1 is 1.12 bits per heavy atom. The number of unbranched alkanes of at least 4 members (excludes halogenated alkanes) is 3. The summed E-state index contributed by atoms with van der Waals surface area (Å²) in [6.45, 7) is 4.45. The van der Waals surface area contributed by atoms with E-state index in [-0.39, 0.29) is 5.60 Å². The SMILES string of the molecule is CCCCCCC1CNCC2(CCCCC2)O1. The predicted molar refractivity (Wildman–Crippen MR) is 72.3 cm³/mol. The van der Waals surface area contributed by atoms with Crippen molar-refractivity contribution in [3.8, 4) is 0 Å². The second-order valence-electron chi connectivity index (χ2n) is 5.96. The first-order valence-corrected chi connectivity index (χ1v) is 7.73. The lowest BCUT2D eigenvalue weighted by Gasteiger charge is -2.44. The molecule has 2 heteroatoms. The zero-order valence-electron chi connectivity index (χ0n) is 11.5. The molecule has 17 heavy (non-hydrogen) atoms. The number of nitrogens with one attached hydrogen (secondary N) is 1. The topological polar surface area (TPSA) is 21.3 Å². The average Bonchev–Trinajstić information content (AvgIpc) is 2.36. The largest absolute Gasteiger partial charge is 0.369 e. The summed E-state index contributed by atoms with van der Waals surface area (Å²) in [5, 5.41) is 3.61. The molecule has 0 radical (unpaired) electrons. The van der Waals surface area contributed by atoms with Crippen molar-refractivity contribution < 1.29 is 4.74 Å². The van der Waals surface area contributed by atoms with Crippen LogP contribution < -0.4 is 5.32 Å². The van der Waals surface area contributed by atoms with Crippen molar-refractivity contribution in [2.24, 2.45) is 0 Å². The number of rotatable bonds is 5. The third kappa shape index (κ3) is 3.96. The lowest BCUT2D eigenvalue weighted by Crippen LogP contribution is -2.54.